The van der Waals surface area contributed by atoms with Gasteiger partial charge in [0.15, 0.2) is 0 Å². The Morgan fingerprint density at radius 3 is 2.42 bits per heavy atom. The molecule has 0 spiro atoms. The normalized spacial score (nSPS) is 19.2. The summed E-state index contributed by atoms with van der Waals surface area (Å²) in [6.45, 7) is 0. The lowest BCUT2D eigenvalue weighted by Gasteiger charge is -2.21. The van der Waals surface area contributed by atoms with E-state index in [1.165, 1.54) is 38.5 Å². The minimum atomic E-state index is 0.0372. The maximum atomic E-state index is 6.43. The van der Waals surface area contributed by atoms with Crippen LogP contribution in [0, 0.1) is 5.92 Å². The van der Waals surface area contributed by atoms with Crippen molar-refractivity contribution in [2.45, 2.75) is 44.6 Å². The number of nitrogens with zero attached hydrogens (tertiary/aromatic N) is 2. The predicted molar refractivity (Wildman–Crippen MR) is 77.7 cm³/mol. The lowest BCUT2D eigenvalue weighted by Crippen LogP contribution is -2.22. The van der Waals surface area contributed by atoms with E-state index in [-0.39, 0.29) is 6.04 Å². The molecule has 0 bridgehead atoms. The molecule has 1 aromatic heterocycles. The van der Waals surface area contributed by atoms with Crippen LogP contribution in [0.25, 0.3) is 11.0 Å². The Bertz CT molecular complexity index is 544. The summed E-state index contributed by atoms with van der Waals surface area (Å²) in [5.41, 5.74) is 9.27. The van der Waals surface area contributed by atoms with Crippen LogP contribution in [0.3, 0.4) is 0 Å². The molecule has 1 heterocycles. The quantitative estimate of drug-likeness (QED) is 0.834. The molecule has 2 aromatic rings. The van der Waals surface area contributed by atoms with E-state index in [4.69, 9.17) is 10.7 Å². The highest BCUT2D eigenvalue weighted by atomic mass is 14.8. The van der Waals surface area contributed by atoms with Crippen LogP contribution in [0.2, 0.25) is 0 Å². The first-order valence-corrected chi connectivity index (χ1v) is 7.32. The number of fused-ring (bicyclic) bond motifs is 1. The van der Waals surface area contributed by atoms with E-state index in [9.17, 15) is 0 Å². The number of hydrogen-bond acceptors (Lipinski definition) is 3. The van der Waals surface area contributed by atoms with Gasteiger partial charge in [-0.05, 0) is 30.9 Å². The fourth-order valence-corrected chi connectivity index (χ4v) is 3.04. The lowest BCUT2D eigenvalue weighted by molar-refractivity contribution is 0.377. The molecule has 3 rings (SSSR count). The maximum absolute atomic E-state index is 6.43. The van der Waals surface area contributed by atoms with Gasteiger partial charge in [0, 0.05) is 0 Å². The van der Waals surface area contributed by atoms with Crippen LogP contribution < -0.4 is 5.73 Å². The molecule has 1 aliphatic carbocycles. The molecule has 0 amide bonds. The summed E-state index contributed by atoms with van der Waals surface area (Å²) in [6, 6.07) is 8.02. The molecule has 3 heteroatoms. The molecule has 1 atom stereocenters. The van der Waals surface area contributed by atoms with Crippen molar-refractivity contribution in [2.75, 3.05) is 0 Å². The number of benzene rings is 1. The van der Waals surface area contributed by atoms with E-state index in [1.807, 2.05) is 30.5 Å². The highest BCUT2D eigenvalue weighted by Crippen LogP contribution is 2.31. The minimum Gasteiger partial charge on any atom is -0.322 e. The van der Waals surface area contributed by atoms with Crippen LogP contribution in [0.1, 0.15) is 50.3 Å². The van der Waals surface area contributed by atoms with Gasteiger partial charge in [0.2, 0.25) is 0 Å². The van der Waals surface area contributed by atoms with Gasteiger partial charge in [-0.3, -0.25) is 4.98 Å². The van der Waals surface area contributed by atoms with Crippen molar-refractivity contribution in [1.29, 1.82) is 0 Å². The average Bonchev–Trinajstić information content (AvgIpc) is 2.75. The van der Waals surface area contributed by atoms with Crippen LogP contribution in [-0.4, -0.2) is 9.97 Å². The Morgan fingerprint density at radius 1 is 1.00 bits per heavy atom. The van der Waals surface area contributed by atoms with Gasteiger partial charge in [-0.25, -0.2) is 4.98 Å². The van der Waals surface area contributed by atoms with Crippen molar-refractivity contribution in [3.05, 3.63) is 36.2 Å². The van der Waals surface area contributed by atoms with E-state index >= 15 is 0 Å². The Balaban J connectivity index is 1.85. The van der Waals surface area contributed by atoms with Gasteiger partial charge < -0.3 is 5.73 Å². The van der Waals surface area contributed by atoms with Crippen molar-refractivity contribution in [3.8, 4) is 0 Å². The smallest absolute Gasteiger partial charge is 0.0890 e. The maximum Gasteiger partial charge on any atom is 0.0890 e. The zero-order valence-electron chi connectivity index (χ0n) is 11.3. The second kappa shape index (κ2) is 5.66. The van der Waals surface area contributed by atoms with Crippen molar-refractivity contribution in [1.82, 2.24) is 9.97 Å². The SMILES string of the molecule is NC(c1cnc2ccccc2n1)C1CCCCCC1. The fraction of sp³-hybridized carbons (Fsp3) is 0.500. The number of rotatable bonds is 2. The second-order valence-electron chi connectivity index (χ2n) is 5.56. The molecule has 1 aromatic carbocycles. The van der Waals surface area contributed by atoms with Gasteiger partial charge in [-0.15, -0.1) is 0 Å². The van der Waals surface area contributed by atoms with Gasteiger partial charge >= 0.3 is 0 Å². The predicted octanol–water partition coefficient (Wildman–Crippen LogP) is 3.60. The number of nitrogens with two attached hydrogens (primary N) is 1. The fourth-order valence-electron chi connectivity index (χ4n) is 3.04. The van der Waals surface area contributed by atoms with E-state index in [1.54, 1.807) is 0 Å². The molecule has 19 heavy (non-hydrogen) atoms. The summed E-state index contributed by atoms with van der Waals surface area (Å²) in [5, 5.41) is 0. The van der Waals surface area contributed by atoms with Crippen molar-refractivity contribution >= 4 is 11.0 Å². The Hall–Kier alpha value is -1.48. The van der Waals surface area contributed by atoms with E-state index in [0.717, 1.165) is 16.7 Å². The molecular weight excluding hydrogens is 234 g/mol. The van der Waals surface area contributed by atoms with Crippen molar-refractivity contribution < 1.29 is 0 Å². The van der Waals surface area contributed by atoms with Crippen molar-refractivity contribution in [3.63, 3.8) is 0 Å². The van der Waals surface area contributed by atoms with E-state index in [0.29, 0.717) is 5.92 Å². The van der Waals surface area contributed by atoms with Crippen LogP contribution in [-0.2, 0) is 0 Å². The molecule has 0 radical (unpaired) electrons. The van der Waals surface area contributed by atoms with Crippen LogP contribution in [0.5, 0.6) is 0 Å². The van der Waals surface area contributed by atoms with E-state index in [2.05, 4.69) is 4.98 Å². The number of aromatic nitrogens is 2. The Kier molecular flexibility index (Phi) is 3.74. The van der Waals surface area contributed by atoms with Crippen LogP contribution in [0.15, 0.2) is 30.5 Å². The number of para-hydroxylation sites is 2. The first-order chi connectivity index (χ1) is 9.34. The summed E-state index contributed by atoms with van der Waals surface area (Å²) in [4.78, 5) is 9.17. The van der Waals surface area contributed by atoms with E-state index < -0.39 is 0 Å². The minimum absolute atomic E-state index is 0.0372. The van der Waals surface area contributed by atoms with Gasteiger partial charge in [0.1, 0.15) is 0 Å². The molecule has 1 aliphatic rings. The average molecular weight is 255 g/mol. The summed E-state index contributed by atoms with van der Waals surface area (Å²) >= 11 is 0. The third-order valence-corrected chi connectivity index (χ3v) is 4.22. The van der Waals surface area contributed by atoms with Gasteiger partial charge in [-0.2, -0.15) is 0 Å². The van der Waals surface area contributed by atoms with Crippen LogP contribution in [0.4, 0.5) is 0 Å². The molecule has 2 N–H and O–H groups in total. The largest absolute Gasteiger partial charge is 0.322 e. The number of hydrogen-bond donors (Lipinski definition) is 1. The van der Waals surface area contributed by atoms with Gasteiger partial charge in [-0.1, -0.05) is 37.8 Å². The van der Waals surface area contributed by atoms with Gasteiger partial charge in [0.25, 0.3) is 0 Å². The zero-order valence-corrected chi connectivity index (χ0v) is 11.3. The summed E-state index contributed by atoms with van der Waals surface area (Å²) in [7, 11) is 0. The topological polar surface area (TPSA) is 51.8 Å². The summed E-state index contributed by atoms with van der Waals surface area (Å²) < 4.78 is 0. The third-order valence-electron chi connectivity index (χ3n) is 4.22. The molecule has 0 aliphatic heterocycles. The third kappa shape index (κ3) is 2.76. The summed E-state index contributed by atoms with van der Waals surface area (Å²) in [5.74, 6) is 0.568. The molecular formula is C16H21N3. The van der Waals surface area contributed by atoms with Gasteiger partial charge in [0.05, 0.1) is 29.0 Å². The molecule has 100 valence electrons. The van der Waals surface area contributed by atoms with Crippen molar-refractivity contribution in [2.24, 2.45) is 11.7 Å². The molecule has 0 saturated heterocycles. The molecule has 3 nitrogen and oxygen atoms in total. The second-order valence-corrected chi connectivity index (χ2v) is 5.56. The molecule has 1 unspecified atom stereocenters. The Morgan fingerprint density at radius 2 is 1.68 bits per heavy atom. The first-order valence-electron chi connectivity index (χ1n) is 7.32. The highest BCUT2D eigenvalue weighted by molar-refractivity contribution is 5.73. The zero-order chi connectivity index (χ0) is 13.1. The van der Waals surface area contributed by atoms with Crippen LogP contribution >= 0.6 is 0 Å². The lowest BCUT2D eigenvalue weighted by atomic mass is 9.90. The molecule has 1 fully saturated rings. The molecule has 1 saturated carbocycles. The summed E-state index contributed by atoms with van der Waals surface area (Å²) in [6.07, 6.45) is 9.64. The Labute approximate surface area is 114 Å². The standard InChI is InChI=1S/C16H21N3/c17-16(12-7-3-1-2-4-8-12)15-11-18-13-9-5-6-10-14(13)19-15/h5-6,9-12,16H,1-4,7-8,17H2. The monoisotopic (exact) mass is 255 g/mol. The first kappa shape index (κ1) is 12.5. The highest BCUT2D eigenvalue weighted by Gasteiger charge is 2.22.